The summed E-state index contributed by atoms with van der Waals surface area (Å²) in [7, 11) is 0. The van der Waals surface area contributed by atoms with Gasteiger partial charge in [0.05, 0.1) is 5.60 Å². The van der Waals surface area contributed by atoms with Crippen molar-refractivity contribution < 1.29 is 14.6 Å². The van der Waals surface area contributed by atoms with Crippen LogP contribution >= 0.6 is 0 Å². The van der Waals surface area contributed by atoms with E-state index in [0.717, 1.165) is 18.4 Å². The van der Waals surface area contributed by atoms with E-state index in [0.29, 0.717) is 12.5 Å². The topological polar surface area (TPSA) is 49.4 Å². The number of aryl methyl sites for hydroxylation is 1. The molecule has 2 atom stereocenters. The molecule has 1 aromatic rings. The number of hydrogen-bond acceptors (Lipinski definition) is 3. The van der Waals surface area contributed by atoms with Crippen molar-refractivity contribution in [2.24, 2.45) is 5.92 Å². The number of carboxylic acids is 1. The molecular formula is C17H23O3-. The lowest BCUT2D eigenvalue weighted by molar-refractivity contribution is -0.306. The monoisotopic (exact) mass is 275 g/mol. The van der Waals surface area contributed by atoms with Crippen LogP contribution in [0.4, 0.5) is 0 Å². The van der Waals surface area contributed by atoms with Crippen molar-refractivity contribution in [3.8, 4) is 0 Å². The first-order valence-electron chi connectivity index (χ1n) is 7.28. The third-order valence-electron chi connectivity index (χ3n) is 4.20. The molecule has 0 N–H and O–H groups in total. The van der Waals surface area contributed by atoms with Gasteiger partial charge in [-0.25, -0.2) is 0 Å². The molecule has 3 heteroatoms. The highest BCUT2D eigenvalue weighted by Crippen LogP contribution is 2.39. The smallest absolute Gasteiger partial charge is 0.0629 e. The maximum absolute atomic E-state index is 11.1. The van der Waals surface area contributed by atoms with E-state index in [2.05, 4.69) is 13.8 Å². The van der Waals surface area contributed by atoms with Crippen molar-refractivity contribution >= 4 is 5.97 Å². The summed E-state index contributed by atoms with van der Waals surface area (Å²) in [6, 6.07) is 8.18. The van der Waals surface area contributed by atoms with Crippen LogP contribution in [0.15, 0.2) is 24.3 Å². The molecule has 2 rings (SSSR count). The lowest BCUT2D eigenvalue weighted by atomic mass is 9.75. The average Bonchev–Trinajstić information content (AvgIpc) is 2.36. The van der Waals surface area contributed by atoms with Crippen LogP contribution in [0, 0.1) is 12.8 Å². The molecule has 1 aliphatic heterocycles. The number of carbonyl (C=O) groups is 1. The molecule has 110 valence electrons. The molecule has 3 nitrogen and oxygen atoms in total. The number of rotatable bonds is 4. The van der Waals surface area contributed by atoms with Crippen LogP contribution in [0.1, 0.15) is 50.2 Å². The highest BCUT2D eigenvalue weighted by Gasteiger charge is 2.34. The molecule has 0 amide bonds. The van der Waals surface area contributed by atoms with Gasteiger partial charge in [-0.2, -0.15) is 0 Å². The third-order valence-corrected chi connectivity index (χ3v) is 4.20. The van der Waals surface area contributed by atoms with Crippen LogP contribution in [0.2, 0.25) is 0 Å². The number of ether oxygens (including phenoxy) is 1. The highest BCUT2D eigenvalue weighted by atomic mass is 16.5. The Morgan fingerprint density at radius 3 is 2.60 bits per heavy atom. The lowest BCUT2D eigenvalue weighted by Gasteiger charge is -2.39. The van der Waals surface area contributed by atoms with Crippen LogP contribution in [0.25, 0.3) is 0 Å². The van der Waals surface area contributed by atoms with E-state index in [4.69, 9.17) is 4.74 Å². The van der Waals surface area contributed by atoms with Gasteiger partial charge in [0.15, 0.2) is 0 Å². The van der Waals surface area contributed by atoms with Gasteiger partial charge in [0.25, 0.3) is 0 Å². The maximum atomic E-state index is 11.1. The minimum absolute atomic E-state index is 0.0174. The summed E-state index contributed by atoms with van der Waals surface area (Å²) in [5.74, 6) is -0.622. The van der Waals surface area contributed by atoms with Crippen molar-refractivity contribution in [3.05, 3.63) is 35.4 Å². The van der Waals surface area contributed by atoms with E-state index in [1.807, 2.05) is 31.2 Å². The molecule has 0 bridgehead atoms. The molecule has 0 spiro atoms. The SMILES string of the molecule is Cc1ccc([C@@H](CC(=O)[O-])[C@H]2CCOC(C)(C)C2)cc1. The van der Waals surface area contributed by atoms with E-state index in [-0.39, 0.29) is 17.9 Å². The van der Waals surface area contributed by atoms with Crippen LogP contribution in [0.3, 0.4) is 0 Å². The molecule has 1 aliphatic rings. The number of aliphatic carboxylic acids is 1. The summed E-state index contributed by atoms with van der Waals surface area (Å²) >= 11 is 0. The Bertz CT molecular complexity index is 462. The predicted octanol–water partition coefficient (Wildman–Crippen LogP) is 2.42. The van der Waals surface area contributed by atoms with Crippen molar-refractivity contribution in [1.29, 1.82) is 0 Å². The second kappa shape index (κ2) is 5.96. The molecule has 0 aromatic heterocycles. The molecule has 0 aliphatic carbocycles. The van der Waals surface area contributed by atoms with Crippen LogP contribution < -0.4 is 5.11 Å². The Hall–Kier alpha value is -1.35. The third kappa shape index (κ3) is 3.83. The van der Waals surface area contributed by atoms with Crippen LogP contribution in [0.5, 0.6) is 0 Å². The van der Waals surface area contributed by atoms with E-state index in [9.17, 15) is 9.90 Å². The molecule has 1 aromatic carbocycles. The Morgan fingerprint density at radius 1 is 1.40 bits per heavy atom. The standard InChI is InChI=1S/C17H24O3/c1-12-4-6-13(7-5-12)15(10-16(18)19)14-8-9-20-17(2,3)11-14/h4-7,14-15H,8-11H2,1-3H3,(H,18,19)/p-1/t14-,15+/m0/s1. The summed E-state index contributed by atoms with van der Waals surface area (Å²) in [4.78, 5) is 11.1. The molecule has 1 fully saturated rings. The van der Waals surface area contributed by atoms with Crippen molar-refractivity contribution in [2.75, 3.05) is 6.61 Å². The second-order valence-corrected chi connectivity index (χ2v) is 6.45. The van der Waals surface area contributed by atoms with Gasteiger partial charge >= 0.3 is 0 Å². The van der Waals surface area contributed by atoms with Gasteiger partial charge in [-0.05, 0) is 57.4 Å². The number of benzene rings is 1. The quantitative estimate of drug-likeness (QED) is 0.848. The molecular weight excluding hydrogens is 252 g/mol. The number of carboxylic acid groups (broad SMARTS) is 1. The zero-order chi connectivity index (χ0) is 14.8. The molecule has 1 saturated heterocycles. The van der Waals surface area contributed by atoms with Gasteiger partial charge < -0.3 is 14.6 Å². The van der Waals surface area contributed by atoms with Gasteiger partial charge in [0, 0.05) is 12.6 Å². The zero-order valence-corrected chi connectivity index (χ0v) is 12.5. The number of hydrogen-bond donors (Lipinski definition) is 0. The summed E-state index contributed by atoms with van der Waals surface area (Å²) in [6.07, 6.45) is 1.89. The first-order valence-corrected chi connectivity index (χ1v) is 7.28. The van der Waals surface area contributed by atoms with E-state index in [1.165, 1.54) is 5.56 Å². The van der Waals surface area contributed by atoms with Gasteiger partial charge in [0.2, 0.25) is 0 Å². The summed E-state index contributed by atoms with van der Waals surface area (Å²) in [5.41, 5.74) is 2.12. The van der Waals surface area contributed by atoms with E-state index >= 15 is 0 Å². The normalized spacial score (nSPS) is 23.2. The Kier molecular flexibility index (Phi) is 4.48. The molecule has 1 heterocycles. The maximum Gasteiger partial charge on any atom is 0.0629 e. The molecule has 0 radical (unpaired) electrons. The molecule has 0 unspecified atom stereocenters. The fourth-order valence-electron chi connectivity index (χ4n) is 3.17. The minimum atomic E-state index is -0.972. The lowest BCUT2D eigenvalue weighted by Crippen LogP contribution is -2.37. The van der Waals surface area contributed by atoms with Gasteiger partial charge in [-0.1, -0.05) is 29.8 Å². The fraction of sp³-hybridized carbons (Fsp3) is 0.588. The van der Waals surface area contributed by atoms with E-state index < -0.39 is 5.97 Å². The molecule has 20 heavy (non-hydrogen) atoms. The van der Waals surface area contributed by atoms with Crippen molar-refractivity contribution in [1.82, 2.24) is 0 Å². The molecule has 0 saturated carbocycles. The van der Waals surface area contributed by atoms with Crippen molar-refractivity contribution in [2.45, 2.75) is 51.6 Å². The van der Waals surface area contributed by atoms with Crippen molar-refractivity contribution in [3.63, 3.8) is 0 Å². The van der Waals surface area contributed by atoms with Gasteiger partial charge in [0.1, 0.15) is 0 Å². The number of carbonyl (C=O) groups excluding carboxylic acids is 1. The fourth-order valence-corrected chi connectivity index (χ4v) is 3.17. The van der Waals surface area contributed by atoms with Gasteiger partial charge in [-0.15, -0.1) is 0 Å². The Morgan fingerprint density at radius 2 is 2.05 bits per heavy atom. The Labute approximate surface area is 121 Å². The highest BCUT2D eigenvalue weighted by molar-refractivity contribution is 5.65. The summed E-state index contributed by atoms with van der Waals surface area (Å²) in [5, 5.41) is 11.1. The minimum Gasteiger partial charge on any atom is -0.550 e. The van der Waals surface area contributed by atoms with E-state index in [1.54, 1.807) is 0 Å². The van der Waals surface area contributed by atoms with Crippen LogP contribution in [-0.4, -0.2) is 18.2 Å². The second-order valence-electron chi connectivity index (χ2n) is 6.45. The van der Waals surface area contributed by atoms with Gasteiger partial charge in [-0.3, -0.25) is 0 Å². The van der Waals surface area contributed by atoms with Crippen LogP contribution in [-0.2, 0) is 9.53 Å². The summed E-state index contributed by atoms with van der Waals surface area (Å²) in [6.45, 7) is 6.89. The summed E-state index contributed by atoms with van der Waals surface area (Å²) < 4.78 is 5.74. The zero-order valence-electron chi connectivity index (χ0n) is 12.5. The first kappa shape index (κ1) is 15.0. The Balaban J connectivity index is 2.23. The predicted molar refractivity (Wildman–Crippen MR) is 76.3 cm³/mol. The average molecular weight is 275 g/mol. The first-order chi connectivity index (χ1) is 9.37. The largest absolute Gasteiger partial charge is 0.550 e.